The van der Waals surface area contributed by atoms with E-state index in [1.54, 1.807) is 24.3 Å². The van der Waals surface area contributed by atoms with Crippen molar-refractivity contribution in [2.45, 2.75) is 11.8 Å². The molecular weight excluding hydrogens is 274 g/mol. The summed E-state index contributed by atoms with van der Waals surface area (Å²) >= 11 is 0. The van der Waals surface area contributed by atoms with Crippen molar-refractivity contribution in [3.63, 3.8) is 0 Å². The highest BCUT2D eigenvalue weighted by molar-refractivity contribution is 7.91. The quantitative estimate of drug-likeness (QED) is 0.831. The average Bonchev–Trinajstić information content (AvgIpc) is 2.47. The molecule has 0 aliphatic carbocycles. The molecular formula is C11H13NO4S2. The minimum absolute atomic E-state index is 0.0727. The maximum Gasteiger partial charge on any atom is 0.236 e. The van der Waals surface area contributed by atoms with Gasteiger partial charge < -0.3 is 0 Å². The Kier molecular flexibility index (Phi) is 2.78. The van der Waals surface area contributed by atoms with E-state index in [9.17, 15) is 16.8 Å². The van der Waals surface area contributed by atoms with Gasteiger partial charge in [-0.25, -0.2) is 20.8 Å². The van der Waals surface area contributed by atoms with E-state index in [-0.39, 0.29) is 10.6 Å². The van der Waals surface area contributed by atoms with Crippen molar-refractivity contribution in [3.05, 3.63) is 30.0 Å². The van der Waals surface area contributed by atoms with Crippen LogP contribution >= 0.6 is 0 Å². The Morgan fingerprint density at radius 3 is 2.06 bits per heavy atom. The molecule has 0 amide bonds. The molecule has 5 nitrogen and oxygen atoms in total. The van der Waals surface area contributed by atoms with Crippen molar-refractivity contribution in [1.82, 2.24) is 3.97 Å². The predicted molar refractivity (Wildman–Crippen MR) is 70.0 cm³/mol. The van der Waals surface area contributed by atoms with Gasteiger partial charge in [-0.15, -0.1) is 0 Å². The van der Waals surface area contributed by atoms with E-state index in [1.165, 1.54) is 6.92 Å². The standard InChI is InChI=1S/C11H13NO4S2/c1-8-11(17(2,13)14)9-6-4-5-7-10(9)12(8)18(3,15)16/h4-7H,1-3H3. The molecule has 0 bridgehead atoms. The zero-order valence-corrected chi connectivity index (χ0v) is 11.8. The summed E-state index contributed by atoms with van der Waals surface area (Å²) in [5.74, 6) is 0. The van der Waals surface area contributed by atoms with Crippen LogP contribution in [0.3, 0.4) is 0 Å². The first-order valence-corrected chi connectivity index (χ1v) is 8.88. The fourth-order valence-electron chi connectivity index (χ4n) is 2.21. The molecule has 0 aliphatic heterocycles. The lowest BCUT2D eigenvalue weighted by molar-refractivity contribution is 0.593. The fraction of sp³-hybridized carbons (Fsp3) is 0.273. The second kappa shape index (κ2) is 3.83. The first-order chi connectivity index (χ1) is 8.14. The zero-order valence-electron chi connectivity index (χ0n) is 10.2. The lowest BCUT2D eigenvalue weighted by atomic mass is 10.2. The molecule has 7 heteroatoms. The Morgan fingerprint density at radius 1 is 1.00 bits per heavy atom. The predicted octanol–water partition coefficient (Wildman–Crippen LogP) is 1.16. The summed E-state index contributed by atoms with van der Waals surface area (Å²) in [4.78, 5) is 0.0727. The van der Waals surface area contributed by atoms with Crippen LogP contribution in [0, 0.1) is 6.92 Å². The molecule has 1 aromatic carbocycles. The number of aromatic nitrogens is 1. The molecule has 0 N–H and O–H groups in total. The molecule has 0 saturated heterocycles. The topological polar surface area (TPSA) is 73.2 Å². The zero-order chi connectivity index (χ0) is 13.7. The Labute approximate surface area is 106 Å². The van der Waals surface area contributed by atoms with Crippen LogP contribution in [-0.2, 0) is 19.9 Å². The number of hydrogen-bond acceptors (Lipinski definition) is 4. The van der Waals surface area contributed by atoms with Crippen LogP contribution in [0.2, 0.25) is 0 Å². The van der Waals surface area contributed by atoms with Crippen molar-refractivity contribution in [1.29, 1.82) is 0 Å². The molecule has 0 atom stereocenters. The van der Waals surface area contributed by atoms with Crippen LogP contribution in [0.1, 0.15) is 5.69 Å². The van der Waals surface area contributed by atoms with Gasteiger partial charge in [-0.2, -0.15) is 0 Å². The molecule has 0 unspecified atom stereocenters. The molecule has 0 fully saturated rings. The molecule has 0 spiro atoms. The van der Waals surface area contributed by atoms with E-state index in [0.717, 1.165) is 16.5 Å². The van der Waals surface area contributed by atoms with Gasteiger partial charge in [0.25, 0.3) is 0 Å². The van der Waals surface area contributed by atoms with E-state index < -0.39 is 19.9 Å². The minimum Gasteiger partial charge on any atom is -0.241 e. The van der Waals surface area contributed by atoms with E-state index in [0.29, 0.717) is 10.9 Å². The number of fused-ring (bicyclic) bond motifs is 1. The van der Waals surface area contributed by atoms with Crippen LogP contribution in [0.15, 0.2) is 29.2 Å². The molecule has 18 heavy (non-hydrogen) atoms. The smallest absolute Gasteiger partial charge is 0.236 e. The highest BCUT2D eigenvalue weighted by Gasteiger charge is 2.24. The average molecular weight is 287 g/mol. The number of para-hydroxylation sites is 1. The lowest BCUT2D eigenvalue weighted by Gasteiger charge is -2.04. The van der Waals surface area contributed by atoms with Gasteiger partial charge >= 0.3 is 0 Å². The Bertz CT molecular complexity index is 760. The molecule has 1 heterocycles. The van der Waals surface area contributed by atoms with Gasteiger partial charge in [0.15, 0.2) is 9.84 Å². The first kappa shape index (κ1) is 13.1. The summed E-state index contributed by atoms with van der Waals surface area (Å²) in [5.41, 5.74) is 0.610. The van der Waals surface area contributed by atoms with Crippen LogP contribution in [0.25, 0.3) is 10.9 Å². The highest BCUT2D eigenvalue weighted by atomic mass is 32.2. The van der Waals surface area contributed by atoms with Gasteiger partial charge in [-0.3, -0.25) is 0 Å². The summed E-state index contributed by atoms with van der Waals surface area (Å²) in [7, 11) is -7.03. The van der Waals surface area contributed by atoms with Crippen molar-refractivity contribution in [2.24, 2.45) is 0 Å². The van der Waals surface area contributed by atoms with E-state index in [2.05, 4.69) is 0 Å². The van der Waals surface area contributed by atoms with E-state index >= 15 is 0 Å². The summed E-state index contributed by atoms with van der Waals surface area (Å²) in [6.45, 7) is 1.50. The van der Waals surface area contributed by atoms with Gasteiger partial charge in [0, 0.05) is 11.6 Å². The van der Waals surface area contributed by atoms with Crippen molar-refractivity contribution in [3.8, 4) is 0 Å². The molecule has 2 rings (SSSR count). The second-order valence-corrected chi connectivity index (χ2v) is 8.02. The van der Waals surface area contributed by atoms with Crippen molar-refractivity contribution in [2.75, 3.05) is 12.5 Å². The summed E-state index contributed by atoms with van der Waals surface area (Å²) in [5, 5.41) is 0.433. The molecule has 2 aromatic rings. The Morgan fingerprint density at radius 2 is 1.56 bits per heavy atom. The SMILES string of the molecule is Cc1c(S(C)(=O)=O)c2ccccc2n1S(C)(=O)=O. The van der Waals surface area contributed by atoms with Crippen LogP contribution < -0.4 is 0 Å². The van der Waals surface area contributed by atoms with Crippen molar-refractivity contribution >= 4 is 30.8 Å². The monoisotopic (exact) mass is 287 g/mol. The van der Waals surface area contributed by atoms with Gasteiger partial charge in [0.05, 0.1) is 22.4 Å². The van der Waals surface area contributed by atoms with Gasteiger partial charge in [0.1, 0.15) is 0 Å². The number of hydrogen-bond donors (Lipinski definition) is 0. The van der Waals surface area contributed by atoms with Crippen molar-refractivity contribution < 1.29 is 16.8 Å². The highest BCUT2D eigenvalue weighted by Crippen LogP contribution is 2.30. The number of sulfone groups is 1. The first-order valence-electron chi connectivity index (χ1n) is 5.14. The third kappa shape index (κ3) is 1.93. The Balaban J connectivity index is 3.14. The summed E-state index contributed by atoms with van der Waals surface area (Å²) in [6, 6.07) is 6.57. The maximum absolute atomic E-state index is 11.8. The third-order valence-corrected chi connectivity index (χ3v) is 5.09. The van der Waals surface area contributed by atoms with Gasteiger partial charge in [0.2, 0.25) is 10.0 Å². The maximum atomic E-state index is 11.8. The summed E-state index contributed by atoms with van der Waals surface area (Å²) < 4.78 is 48.2. The van der Waals surface area contributed by atoms with Gasteiger partial charge in [-0.05, 0) is 13.0 Å². The van der Waals surface area contributed by atoms with Crippen LogP contribution in [0.5, 0.6) is 0 Å². The Hall–Kier alpha value is -1.34. The van der Waals surface area contributed by atoms with Gasteiger partial charge in [-0.1, -0.05) is 18.2 Å². The lowest BCUT2D eigenvalue weighted by Crippen LogP contribution is -2.12. The number of nitrogens with zero attached hydrogens (tertiary/aromatic N) is 1. The van der Waals surface area contributed by atoms with Crippen LogP contribution in [-0.4, -0.2) is 33.3 Å². The normalized spacial score (nSPS) is 13.1. The molecule has 0 radical (unpaired) electrons. The molecule has 0 saturated carbocycles. The number of benzene rings is 1. The second-order valence-electron chi connectivity index (χ2n) is 4.23. The van der Waals surface area contributed by atoms with E-state index in [1.807, 2.05) is 0 Å². The largest absolute Gasteiger partial charge is 0.241 e. The molecule has 98 valence electrons. The molecule has 1 aromatic heterocycles. The number of rotatable bonds is 2. The minimum atomic E-state index is -3.55. The fourth-order valence-corrected chi connectivity index (χ4v) is 4.57. The summed E-state index contributed by atoms with van der Waals surface area (Å²) in [6.07, 6.45) is 2.13. The third-order valence-electron chi connectivity index (χ3n) is 2.70. The van der Waals surface area contributed by atoms with E-state index in [4.69, 9.17) is 0 Å². The molecule has 0 aliphatic rings. The van der Waals surface area contributed by atoms with Crippen LogP contribution in [0.4, 0.5) is 0 Å².